The molecule has 7 nitrogen and oxygen atoms in total. The van der Waals surface area contributed by atoms with E-state index in [1.807, 2.05) is 54.3 Å². The highest BCUT2D eigenvalue weighted by atomic mass is 16.3. The van der Waals surface area contributed by atoms with Crippen molar-refractivity contribution in [2.75, 3.05) is 17.2 Å². The summed E-state index contributed by atoms with van der Waals surface area (Å²) in [6.07, 6.45) is 1.72. The van der Waals surface area contributed by atoms with Gasteiger partial charge in [-0.1, -0.05) is 24.3 Å². The Labute approximate surface area is 174 Å². The normalized spacial score (nSPS) is 10.7. The van der Waals surface area contributed by atoms with Crippen LogP contribution in [0.3, 0.4) is 0 Å². The molecule has 0 aliphatic carbocycles. The fraction of sp³-hybridized carbons (Fsp3) is 0.0870. The molecule has 0 bridgehead atoms. The van der Waals surface area contributed by atoms with E-state index in [0.717, 1.165) is 16.9 Å². The minimum absolute atomic E-state index is 0.0856. The molecule has 2 heterocycles. The molecule has 7 heteroatoms. The predicted molar refractivity (Wildman–Crippen MR) is 118 cm³/mol. The summed E-state index contributed by atoms with van der Waals surface area (Å²) in [5.74, 6) is 1.72. The van der Waals surface area contributed by atoms with Gasteiger partial charge >= 0.3 is 0 Å². The fourth-order valence-corrected chi connectivity index (χ4v) is 3.26. The number of hydrogen-bond donors (Lipinski definition) is 3. The highest BCUT2D eigenvalue weighted by Crippen LogP contribution is 2.35. The van der Waals surface area contributed by atoms with Crippen molar-refractivity contribution in [3.63, 3.8) is 0 Å². The van der Waals surface area contributed by atoms with Gasteiger partial charge in [0.1, 0.15) is 23.1 Å². The molecule has 0 radical (unpaired) electrons. The zero-order valence-electron chi connectivity index (χ0n) is 16.4. The quantitative estimate of drug-likeness (QED) is 0.457. The molecular formula is C23H21N5O2. The molecule has 0 saturated heterocycles. The van der Waals surface area contributed by atoms with Crippen molar-refractivity contribution in [1.82, 2.24) is 15.0 Å². The standard InChI is InChI=1S/C23H21N5O2/c1-2-28(21-5-3-4-12-25-21)22-14-19(26-23(24)27-22)18-13-16(8-11-20(18)30)15-6-9-17(29)10-7-15/h3-14,29-30H,2H2,1H3,(H2,24,26,27). The first-order valence-corrected chi connectivity index (χ1v) is 9.51. The van der Waals surface area contributed by atoms with Crippen LogP contribution in [0.25, 0.3) is 22.4 Å². The van der Waals surface area contributed by atoms with Crippen molar-refractivity contribution >= 4 is 17.6 Å². The summed E-state index contributed by atoms with van der Waals surface area (Å²) in [7, 11) is 0. The van der Waals surface area contributed by atoms with E-state index in [1.54, 1.807) is 30.5 Å². The monoisotopic (exact) mass is 399 g/mol. The minimum atomic E-state index is 0.0856. The number of aromatic nitrogens is 3. The first-order valence-electron chi connectivity index (χ1n) is 9.51. The fourth-order valence-electron chi connectivity index (χ4n) is 3.26. The molecule has 0 atom stereocenters. The lowest BCUT2D eigenvalue weighted by Crippen LogP contribution is -2.19. The first-order chi connectivity index (χ1) is 14.5. The van der Waals surface area contributed by atoms with E-state index >= 15 is 0 Å². The van der Waals surface area contributed by atoms with Crippen LogP contribution in [0.4, 0.5) is 17.6 Å². The molecule has 0 aliphatic heterocycles. The molecule has 150 valence electrons. The topological polar surface area (TPSA) is 108 Å². The third-order valence-electron chi connectivity index (χ3n) is 4.72. The number of phenols is 2. The number of phenolic OH excluding ortho intramolecular Hbond substituents is 2. The average Bonchev–Trinajstić information content (AvgIpc) is 2.76. The largest absolute Gasteiger partial charge is 0.508 e. The molecule has 2 aromatic carbocycles. The van der Waals surface area contributed by atoms with Crippen molar-refractivity contribution in [3.8, 4) is 33.9 Å². The van der Waals surface area contributed by atoms with Crippen LogP contribution >= 0.6 is 0 Å². The summed E-state index contributed by atoms with van der Waals surface area (Å²) in [5.41, 5.74) is 8.82. The van der Waals surface area contributed by atoms with E-state index in [0.29, 0.717) is 23.6 Å². The van der Waals surface area contributed by atoms with Crippen molar-refractivity contribution in [3.05, 3.63) is 72.9 Å². The Morgan fingerprint density at radius 2 is 1.63 bits per heavy atom. The zero-order valence-corrected chi connectivity index (χ0v) is 16.4. The van der Waals surface area contributed by atoms with Gasteiger partial charge in [-0.2, -0.15) is 4.98 Å². The Bertz CT molecular complexity index is 1160. The van der Waals surface area contributed by atoms with E-state index in [1.165, 1.54) is 0 Å². The smallest absolute Gasteiger partial charge is 0.222 e. The second-order valence-electron chi connectivity index (χ2n) is 6.68. The van der Waals surface area contributed by atoms with Gasteiger partial charge < -0.3 is 20.8 Å². The van der Waals surface area contributed by atoms with Crippen LogP contribution in [0.2, 0.25) is 0 Å². The third-order valence-corrected chi connectivity index (χ3v) is 4.72. The van der Waals surface area contributed by atoms with Gasteiger partial charge in [0.15, 0.2) is 0 Å². The van der Waals surface area contributed by atoms with Crippen LogP contribution in [0.15, 0.2) is 72.9 Å². The Morgan fingerprint density at radius 1 is 0.867 bits per heavy atom. The van der Waals surface area contributed by atoms with Gasteiger partial charge in [0.2, 0.25) is 5.95 Å². The summed E-state index contributed by atoms with van der Waals surface area (Å²) in [5, 5.41) is 20.0. The summed E-state index contributed by atoms with van der Waals surface area (Å²) in [4.78, 5) is 15.0. The number of anilines is 3. The van der Waals surface area contributed by atoms with Crippen LogP contribution < -0.4 is 10.6 Å². The van der Waals surface area contributed by atoms with Crippen LogP contribution in [0.5, 0.6) is 11.5 Å². The van der Waals surface area contributed by atoms with Gasteiger partial charge in [-0.25, -0.2) is 9.97 Å². The Morgan fingerprint density at radius 3 is 2.33 bits per heavy atom. The zero-order chi connectivity index (χ0) is 21.1. The maximum absolute atomic E-state index is 10.5. The highest BCUT2D eigenvalue weighted by Gasteiger charge is 2.16. The molecule has 2 aromatic heterocycles. The molecule has 4 N–H and O–H groups in total. The van der Waals surface area contributed by atoms with Gasteiger partial charge in [-0.15, -0.1) is 0 Å². The predicted octanol–water partition coefficient (Wildman–Crippen LogP) is 4.36. The molecular weight excluding hydrogens is 378 g/mol. The van der Waals surface area contributed by atoms with Crippen LogP contribution in [0.1, 0.15) is 6.92 Å². The molecule has 0 unspecified atom stereocenters. The van der Waals surface area contributed by atoms with Crippen molar-refractivity contribution < 1.29 is 10.2 Å². The molecule has 0 spiro atoms. The Balaban J connectivity index is 1.79. The third kappa shape index (κ3) is 3.86. The number of benzene rings is 2. The van der Waals surface area contributed by atoms with Gasteiger partial charge in [0.25, 0.3) is 0 Å². The molecule has 0 fully saturated rings. The number of aromatic hydroxyl groups is 2. The van der Waals surface area contributed by atoms with E-state index < -0.39 is 0 Å². The Kier molecular flexibility index (Phi) is 5.17. The SMILES string of the molecule is CCN(c1ccccn1)c1cc(-c2cc(-c3ccc(O)cc3)ccc2O)nc(N)n1. The lowest BCUT2D eigenvalue weighted by Gasteiger charge is -2.21. The lowest BCUT2D eigenvalue weighted by molar-refractivity contribution is 0.475. The summed E-state index contributed by atoms with van der Waals surface area (Å²) < 4.78 is 0. The summed E-state index contributed by atoms with van der Waals surface area (Å²) in [6, 6.07) is 19.6. The maximum atomic E-state index is 10.5. The van der Waals surface area contributed by atoms with E-state index in [4.69, 9.17) is 5.73 Å². The Hall–Kier alpha value is -4.13. The number of nitrogens with two attached hydrogens (primary N) is 1. The van der Waals surface area contributed by atoms with Crippen molar-refractivity contribution in [2.24, 2.45) is 0 Å². The lowest BCUT2D eigenvalue weighted by atomic mass is 10.0. The average molecular weight is 399 g/mol. The molecule has 0 saturated carbocycles. The molecule has 0 amide bonds. The van der Waals surface area contributed by atoms with Crippen molar-refractivity contribution in [1.29, 1.82) is 0 Å². The number of nitrogens with zero attached hydrogens (tertiary/aromatic N) is 4. The number of nitrogen functional groups attached to an aromatic ring is 1. The molecule has 4 aromatic rings. The minimum Gasteiger partial charge on any atom is -0.508 e. The summed E-state index contributed by atoms with van der Waals surface area (Å²) >= 11 is 0. The van der Waals surface area contributed by atoms with Crippen LogP contribution in [-0.2, 0) is 0 Å². The van der Waals surface area contributed by atoms with Crippen LogP contribution in [-0.4, -0.2) is 31.7 Å². The van der Waals surface area contributed by atoms with E-state index in [9.17, 15) is 10.2 Å². The van der Waals surface area contributed by atoms with Crippen LogP contribution in [0, 0.1) is 0 Å². The van der Waals surface area contributed by atoms with Gasteiger partial charge in [-0.05, 0) is 54.4 Å². The number of hydrogen-bond acceptors (Lipinski definition) is 7. The number of pyridine rings is 1. The molecule has 0 aliphatic rings. The second kappa shape index (κ2) is 8.08. The highest BCUT2D eigenvalue weighted by molar-refractivity contribution is 5.78. The van der Waals surface area contributed by atoms with E-state index in [-0.39, 0.29) is 17.4 Å². The number of rotatable bonds is 5. The van der Waals surface area contributed by atoms with Crippen molar-refractivity contribution in [2.45, 2.75) is 6.92 Å². The van der Waals surface area contributed by atoms with Gasteiger partial charge in [0.05, 0.1) is 5.69 Å². The summed E-state index contributed by atoms with van der Waals surface area (Å²) in [6.45, 7) is 2.63. The maximum Gasteiger partial charge on any atom is 0.222 e. The second-order valence-corrected chi connectivity index (χ2v) is 6.68. The van der Waals surface area contributed by atoms with Gasteiger partial charge in [-0.3, -0.25) is 0 Å². The van der Waals surface area contributed by atoms with Gasteiger partial charge in [0, 0.05) is 24.4 Å². The van der Waals surface area contributed by atoms with E-state index in [2.05, 4.69) is 15.0 Å². The molecule has 4 rings (SSSR count). The molecule has 30 heavy (non-hydrogen) atoms. The first kappa shape index (κ1) is 19.2.